The lowest BCUT2D eigenvalue weighted by molar-refractivity contribution is 1.10. The molecule has 84 valence electrons. The largest absolute Gasteiger partial charge is 0.394 e. The topological polar surface area (TPSA) is 63.8 Å². The molecule has 0 amide bonds. The standard InChI is InChI=1S/C9H8BrClN4S/c10-5-1-6(16-4-5)2-13-8-7(12)3-14-9(11)15-8/h1,3-4H,2,12H2,(H,13,14,15). The van der Waals surface area contributed by atoms with Crippen LogP contribution in [0.5, 0.6) is 0 Å². The van der Waals surface area contributed by atoms with Crippen LogP contribution < -0.4 is 11.1 Å². The van der Waals surface area contributed by atoms with Crippen molar-refractivity contribution in [2.24, 2.45) is 0 Å². The van der Waals surface area contributed by atoms with Gasteiger partial charge in [0.15, 0.2) is 5.82 Å². The third-order valence-electron chi connectivity index (χ3n) is 1.84. The Morgan fingerprint density at radius 3 is 3.06 bits per heavy atom. The first-order valence-electron chi connectivity index (χ1n) is 4.40. The van der Waals surface area contributed by atoms with Crippen LogP contribution in [-0.4, -0.2) is 9.97 Å². The van der Waals surface area contributed by atoms with E-state index in [1.54, 1.807) is 11.3 Å². The lowest BCUT2D eigenvalue weighted by Gasteiger charge is -2.06. The molecule has 4 nitrogen and oxygen atoms in total. The van der Waals surface area contributed by atoms with Crippen LogP contribution in [0.4, 0.5) is 11.5 Å². The van der Waals surface area contributed by atoms with Crippen molar-refractivity contribution >= 4 is 50.4 Å². The van der Waals surface area contributed by atoms with Gasteiger partial charge in [-0.25, -0.2) is 4.98 Å². The fraction of sp³-hybridized carbons (Fsp3) is 0.111. The Hall–Kier alpha value is -0.850. The van der Waals surface area contributed by atoms with Crippen molar-refractivity contribution < 1.29 is 0 Å². The number of rotatable bonds is 3. The fourth-order valence-corrected chi connectivity index (χ4v) is 2.65. The molecule has 16 heavy (non-hydrogen) atoms. The smallest absolute Gasteiger partial charge is 0.224 e. The highest BCUT2D eigenvalue weighted by atomic mass is 79.9. The first kappa shape index (κ1) is 11.6. The summed E-state index contributed by atoms with van der Waals surface area (Å²) >= 11 is 10.7. The number of anilines is 2. The van der Waals surface area contributed by atoms with Crippen LogP contribution >= 0.6 is 38.9 Å². The van der Waals surface area contributed by atoms with Gasteiger partial charge in [-0.15, -0.1) is 11.3 Å². The van der Waals surface area contributed by atoms with Gasteiger partial charge in [0.25, 0.3) is 0 Å². The van der Waals surface area contributed by atoms with Crippen molar-refractivity contribution in [2.75, 3.05) is 11.1 Å². The molecule has 0 bridgehead atoms. The van der Waals surface area contributed by atoms with Crippen molar-refractivity contribution in [3.05, 3.63) is 32.3 Å². The van der Waals surface area contributed by atoms with E-state index >= 15 is 0 Å². The molecule has 2 aromatic heterocycles. The molecule has 2 aromatic rings. The van der Waals surface area contributed by atoms with E-state index in [-0.39, 0.29) is 5.28 Å². The highest BCUT2D eigenvalue weighted by Gasteiger charge is 2.03. The molecule has 0 saturated heterocycles. The van der Waals surface area contributed by atoms with E-state index in [1.807, 2.05) is 11.4 Å². The minimum Gasteiger partial charge on any atom is -0.394 e. The summed E-state index contributed by atoms with van der Waals surface area (Å²) < 4.78 is 1.07. The van der Waals surface area contributed by atoms with Gasteiger partial charge in [0, 0.05) is 14.7 Å². The summed E-state index contributed by atoms with van der Waals surface area (Å²) in [5.41, 5.74) is 6.19. The van der Waals surface area contributed by atoms with Gasteiger partial charge in [-0.3, -0.25) is 0 Å². The van der Waals surface area contributed by atoms with Gasteiger partial charge in [0.1, 0.15) is 0 Å². The number of nitrogens with two attached hydrogens (primary N) is 1. The molecular weight excluding hydrogens is 312 g/mol. The summed E-state index contributed by atoms with van der Waals surface area (Å²) in [4.78, 5) is 8.97. The molecule has 0 atom stereocenters. The van der Waals surface area contributed by atoms with Gasteiger partial charge in [0.05, 0.1) is 18.4 Å². The van der Waals surface area contributed by atoms with Crippen LogP contribution in [0.15, 0.2) is 22.1 Å². The summed E-state index contributed by atoms with van der Waals surface area (Å²) in [5, 5.41) is 5.32. The van der Waals surface area contributed by atoms with E-state index in [0.717, 1.165) is 4.47 Å². The predicted octanol–water partition coefficient (Wildman–Crippen LogP) is 3.15. The number of hydrogen-bond acceptors (Lipinski definition) is 5. The molecule has 0 aromatic carbocycles. The van der Waals surface area contributed by atoms with Crippen LogP contribution in [0, 0.1) is 0 Å². The monoisotopic (exact) mass is 318 g/mol. The molecule has 7 heteroatoms. The van der Waals surface area contributed by atoms with Gasteiger partial charge in [-0.1, -0.05) is 0 Å². The Labute approximate surface area is 110 Å². The number of aromatic nitrogens is 2. The van der Waals surface area contributed by atoms with Gasteiger partial charge in [0.2, 0.25) is 5.28 Å². The number of nitrogen functional groups attached to an aromatic ring is 1. The predicted molar refractivity (Wildman–Crippen MR) is 70.8 cm³/mol. The number of nitrogens with zero attached hydrogens (tertiary/aromatic N) is 2. The average molecular weight is 320 g/mol. The number of nitrogens with one attached hydrogen (secondary N) is 1. The first-order valence-corrected chi connectivity index (χ1v) is 6.45. The number of halogens is 2. The Morgan fingerprint density at radius 2 is 2.38 bits per heavy atom. The highest BCUT2D eigenvalue weighted by molar-refractivity contribution is 9.10. The fourth-order valence-electron chi connectivity index (χ4n) is 1.13. The van der Waals surface area contributed by atoms with Crippen molar-refractivity contribution in [3.8, 4) is 0 Å². The van der Waals surface area contributed by atoms with E-state index < -0.39 is 0 Å². The SMILES string of the molecule is Nc1cnc(Cl)nc1NCc1cc(Br)cs1. The van der Waals surface area contributed by atoms with Crippen molar-refractivity contribution in [3.63, 3.8) is 0 Å². The lowest BCUT2D eigenvalue weighted by Crippen LogP contribution is -2.04. The van der Waals surface area contributed by atoms with Crippen LogP contribution in [0.1, 0.15) is 4.88 Å². The normalized spacial score (nSPS) is 10.4. The average Bonchev–Trinajstić information content (AvgIpc) is 2.66. The van der Waals surface area contributed by atoms with Gasteiger partial charge >= 0.3 is 0 Å². The molecule has 0 fully saturated rings. The zero-order valence-electron chi connectivity index (χ0n) is 8.08. The number of thiophene rings is 1. The molecule has 2 heterocycles. The summed E-state index contributed by atoms with van der Waals surface area (Å²) in [5.74, 6) is 0.560. The Morgan fingerprint density at radius 1 is 1.56 bits per heavy atom. The molecule has 0 saturated carbocycles. The molecule has 0 aliphatic rings. The molecule has 2 rings (SSSR count). The second kappa shape index (κ2) is 4.99. The molecule has 3 N–H and O–H groups in total. The molecular formula is C9H8BrClN4S. The maximum Gasteiger partial charge on any atom is 0.224 e. The van der Waals surface area contributed by atoms with Crippen LogP contribution in [0.25, 0.3) is 0 Å². The quantitative estimate of drug-likeness (QED) is 0.853. The maximum absolute atomic E-state index is 5.71. The van der Waals surface area contributed by atoms with Crippen LogP contribution in [0.3, 0.4) is 0 Å². The second-order valence-corrected chi connectivity index (χ2v) is 5.28. The van der Waals surface area contributed by atoms with Crippen molar-refractivity contribution in [1.29, 1.82) is 0 Å². The molecule has 0 radical (unpaired) electrons. The van der Waals surface area contributed by atoms with E-state index in [2.05, 4.69) is 31.2 Å². The first-order chi connectivity index (χ1) is 7.65. The van der Waals surface area contributed by atoms with E-state index in [1.165, 1.54) is 11.1 Å². The Bertz CT molecular complexity index is 502. The van der Waals surface area contributed by atoms with Crippen LogP contribution in [0.2, 0.25) is 5.28 Å². The summed E-state index contributed by atoms with van der Waals surface area (Å²) in [6.07, 6.45) is 1.49. The second-order valence-electron chi connectivity index (χ2n) is 3.03. The minimum absolute atomic E-state index is 0.184. The van der Waals surface area contributed by atoms with Crippen LogP contribution in [-0.2, 0) is 6.54 Å². The Balaban J connectivity index is 2.07. The summed E-state index contributed by atoms with van der Waals surface area (Å²) in [7, 11) is 0. The zero-order chi connectivity index (χ0) is 11.5. The van der Waals surface area contributed by atoms with Crippen molar-refractivity contribution in [2.45, 2.75) is 6.54 Å². The van der Waals surface area contributed by atoms with Gasteiger partial charge in [-0.05, 0) is 33.6 Å². The third kappa shape index (κ3) is 2.84. The van der Waals surface area contributed by atoms with Crippen molar-refractivity contribution in [1.82, 2.24) is 9.97 Å². The number of hydrogen-bond donors (Lipinski definition) is 2. The third-order valence-corrected chi connectivity index (χ3v) is 3.72. The molecule has 0 unspecified atom stereocenters. The van der Waals surface area contributed by atoms with E-state index in [9.17, 15) is 0 Å². The Kier molecular flexibility index (Phi) is 3.63. The van der Waals surface area contributed by atoms with Gasteiger partial charge in [-0.2, -0.15) is 4.98 Å². The van der Waals surface area contributed by atoms with E-state index in [4.69, 9.17) is 17.3 Å². The lowest BCUT2D eigenvalue weighted by atomic mass is 10.4. The molecule has 0 spiro atoms. The minimum atomic E-state index is 0.184. The maximum atomic E-state index is 5.71. The zero-order valence-corrected chi connectivity index (χ0v) is 11.2. The highest BCUT2D eigenvalue weighted by Crippen LogP contribution is 2.22. The molecule has 0 aliphatic carbocycles. The molecule has 0 aliphatic heterocycles. The van der Waals surface area contributed by atoms with E-state index in [0.29, 0.717) is 18.1 Å². The van der Waals surface area contributed by atoms with Gasteiger partial charge < -0.3 is 11.1 Å². The summed E-state index contributed by atoms with van der Waals surface area (Å²) in [6, 6.07) is 2.04. The summed E-state index contributed by atoms with van der Waals surface area (Å²) in [6.45, 7) is 0.661.